The number of carbonyl (C=O) groups is 1. The Balaban J connectivity index is 1.59. The molecule has 6 nitrogen and oxygen atoms in total. The lowest BCUT2D eigenvalue weighted by molar-refractivity contribution is 0.0911. The van der Waals surface area contributed by atoms with Crippen molar-refractivity contribution in [2.45, 2.75) is 6.10 Å². The second-order valence-corrected chi connectivity index (χ2v) is 6.52. The summed E-state index contributed by atoms with van der Waals surface area (Å²) in [6.07, 6.45) is 0.897. The van der Waals surface area contributed by atoms with E-state index in [-0.39, 0.29) is 18.1 Å². The molecule has 6 heteroatoms. The molecule has 2 aromatic heterocycles. The van der Waals surface area contributed by atoms with Gasteiger partial charge in [0, 0.05) is 18.3 Å². The van der Waals surface area contributed by atoms with Gasteiger partial charge in [0.2, 0.25) is 0 Å². The van der Waals surface area contributed by atoms with Crippen molar-refractivity contribution in [1.82, 2.24) is 20.1 Å². The lowest BCUT2D eigenvalue weighted by Gasteiger charge is -2.11. The third kappa shape index (κ3) is 4.23. The van der Waals surface area contributed by atoms with Crippen LogP contribution in [-0.4, -0.2) is 32.3 Å². The SMILES string of the molecule is O=C(NCC(O)c1ccccc1)c1cc(-c2ccccc2)n(-c2ccccn2)n1. The van der Waals surface area contributed by atoms with E-state index >= 15 is 0 Å². The Morgan fingerprint density at radius 1 is 0.966 bits per heavy atom. The van der Waals surface area contributed by atoms with Crippen LogP contribution < -0.4 is 5.32 Å². The predicted molar refractivity (Wildman–Crippen MR) is 111 cm³/mol. The monoisotopic (exact) mass is 384 g/mol. The van der Waals surface area contributed by atoms with Gasteiger partial charge in [-0.25, -0.2) is 9.67 Å². The molecule has 1 unspecified atom stereocenters. The van der Waals surface area contributed by atoms with Crippen molar-refractivity contribution in [3.63, 3.8) is 0 Å². The van der Waals surface area contributed by atoms with Crippen LogP contribution in [-0.2, 0) is 0 Å². The van der Waals surface area contributed by atoms with E-state index in [0.29, 0.717) is 5.82 Å². The van der Waals surface area contributed by atoms with Gasteiger partial charge in [0.15, 0.2) is 11.5 Å². The molecule has 0 fully saturated rings. The van der Waals surface area contributed by atoms with Crippen LogP contribution in [0.4, 0.5) is 0 Å². The van der Waals surface area contributed by atoms with E-state index in [1.807, 2.05) is 78.9 Å². The van der Waals surface area contributed by atoms with E-state index in [1.165, 1.54) is 0 Å². The Morgan fingerprint density at radius 3 is 2.34 bits per heavy atom. The molecule has 1 atom stereocenters. The average molecular weight is 384 g/mol. The topological polar surface area (TPSA) is 80.0 Å². The number of hydrogen-bond donors (Lipinski definition) is 2. The van der Waals surface area contributed by atoms with Crippen LogP contribution in [0.5, 0.6) is 0 Å². The quantitative estimate of drug-likeness (QED) is 0.534. The van der Waals surface area contributed by atoms with E-state index in [0.717, 1.165) is 16.8 Å². The average Bonchev–Trinajstić information content (AvgIpc) is 3.25. The van der Waals surface area contributed by atoms with Gasteiger partial charge in [0.1, 0.15) is 0 Å². The fourth-order valence-electron chi connectivity index (χ4n) is 3.03. The number of nitrogens with zero attached hydrogens (tertiary/aromatic N) is 3. The zero-order chi connectivity index (χ0) is 20.1. The zero-order valence-corrected chi connectivity index (χ0v) is 15.6. The number of benzene rings is 2. The first-order valence-electron chi connectivity index (χ1n) is 9.30. The summed E-state index contributed by atoms with van der Waals surface area (Å²) in [7, 11) is 0. The fourth-order valence-corrected chi connectivity index (χ4v) is 3.03. The van der Waals surface area contributed by atoms with Gasteiger partial charge in [-0.15, -0.1) is 0 Å². The predicted octanol–water partition coefficient (Wildman–Crippen LogP) is 3.40. The molecular weight excluding hydrogens is 364 g/mol. The molecule has 2 N–H and O–H groups in total. The number of amides is 1. The standard InChI is InChI=1S/C23H20N4O2/c28-21(18-11-5-2-6-12-18)16-25-23(29)19-15-20(17-9-3-1-4-10-17)27(26-19)22-13-7-8-14-24-22/h1-15,21,28H,16H2,(H,25,29). The summed E-state index contributed by atoms with van der Waals surface area (Å²) in [5, 5.41) is 17.5. The number of carbonyl (C=O) groups excluding carboxylic acids is 1. The molecule has 29 heavy (non-hydrogen) atoms. The van der Waals surface area contributed by atoms with E-state index in [9.17, 15) is 9.90 Å². The van der Waals surface area contributed by atoms with Crippen LogP contribution in [0.1, 0.15) is 22.2 Å². The van der Waals surface area contributed by atoms with Gasteiger partial charge in [-0.3, -0.25) is 4.79 Å². The van der Waals surface area contributed by atoms with E-state index in [2.05, 4.69) is 15.4 Å². The van der Waals surface area contributed by atoms with Gasteiger partial charge in [-0.05, 0) is 23.8 Å². The first kappa shape index (κ1) is 18.6. The second-order valence-electron chi connectivity index (χ2n) is 6.52. The summed E-state index contributed by atoms with van der Waals surface area (Å²) in [6.45, 7) is 0.0972. The van der Waals surface area contributed by atoms with Crippen molar-refractivity contribution < 1.29 is 9.90 Å². The number of pyridine rings is 1. The van der Waals surface area contributed by atoms with Crippen LogP contribution in [0, 0.1) is 0 Å². The first-order chi connectivity index (χ1) is 14.2. The third-order valence-corrected chi connectivity index (χ3v) is 4.52. The lowest BCUT2D eigenvalue weighted by Crippen LogP contribution is -2.28. The highest BCUT2D eigenvalue weighted by Gasteiger charge is 2.18. The van der Waals surface area contributed by atoms with Crippen molar-refractivity contribution in [2.75, 3.05) is 6.54 Å². The van der Waals surface area contributed by atoms with Gasteiger partial charge in [0.05, 0.1) is 11.8 Å². The first-order valence-corrected chi connectivity index (χ1v) is 9.30. The molecule has 0 saturated carbocycles. The van der Waals surface area contributed by atoms with Gasteiger partial charge in [-0.2, -0.15) is 5.10 Å². The van der Waals surface area contributed by atoms with Gasteiger partial charge in [-0.1, -0.05) is 66.7 Å². The van der Waals surface area contributed by atoms with E-state index < -0.39 is 6.10 Å². The molecule has 2 heterocycles. The molecule has 144 valence electrons. The molecule has 0 bridgehead atoms. The van der Waals surface area contributed by atoms with Crippen LogP contribution in [0.3, 0.4) is 0 Å². The fraction of sp³-hybridized carbons (Fsp3) is 0.0870. The highest BCUT2D eigenvalue weighted by atomic mass is 16.3. The van der Waals surface area contributed by atoms with Crippen molar-refractivity contribution in [3.05, 3.63) is 102 Å². The van der Waals surface area contributed by atoms with E-state index in [4.69, 9.17) is 0 Å². The molecule has 0 saturated heterocycles. The zero-order valence-electron chi connectivity index (χ0n) is 15.6. The smallest absolute Gasteiger partial charge is 0.271 e. The van der Waals surface area contributed by atoms with E-state index in [1.54, 1.807) is 16.9 Å². The minimum Gasteiger partial charge on any atom is -0.387 e. The number of hydrogen-bond acceptors (Lipinski definition) is 4. The molecule has 0 radical (unpaired) electrons. The highest BCUT2D eigenvalue weighted by molar-refractivity contribution is 5.93. The largest absolute Gasteiger partial charge is 0.387 e. The highest BCUT2D eigenvalue weighted by Crippen LogP contribution is 2.23. The number of aromatic nitrogens is 3. The lowest BCUT2D eigenvalue weighted by atomic mass is 10.1. The number of aliphatic hydroxyl groups is 1. The van der Waals surface area contributed by atoms with Crippen LogP contribution in [0.25, 0.3) is 17.1 Å². The second kappa shape index (κ2) is 8.50. The molecular formula is C23H20N4O2. The summed E-state index contributed by atoms with van der Waals surface area (Å²) in [4.78, 5) is 17.0. The maximum atomic E-state index is 12.7. The molecule has 1 amide bonds. The van der Waals surface area contributed by atoms with Crippen molar-refractivity contribution in [2.24, 2.45) is 0 Å². The normalized spacial score (nSPS) is 11.8. The third-order valence-electron chi connectivity index (χ3n) is 4.52. The van der Waals surface area contributed by atoms with Gasteiger partial charge in [0.25, 0.3) is 5.91 Å². The summed E-state index contributed by atoms with van der Waals surface area (Å²) in [6, 6.07) is 26.2. The molecule has 4 aromatic rings. The Kier molecular flexibility index (Phi) is 5.45. The molecule has 0 spiro atoms. The maximum absolute atomic E-state index is 12.7. The number of rotatable bonds is 6. The Morgan fingerprint density at radius 2 is 1.66 bits per heavy atom. The molecule has 0 aliphatic carbocycles. The van der Waals surface area contributed by atoms with Crippen LogP contribution in [0.2, 0.25) is 0 Å². The summed E-state index contributed by atoms with van der Waals surface area (Å²) >= 11 is 0. The summed E-state index contributed by atoms with van der Waals surface area (Å²) in [5.41, 5.74) is 2.69. The molecule has 0 aliphatic heterocycles. The van der Waals surface area contributed by atoms with Crippen molar-refractivity contribution in [3.8, 4) is 17.1 Å². The molecule has 2 aromatic carbocycles. The van der Waals surface area contributed by atoms with Gasteiger partial charge < -0.3 is 10.4 Å². The Hall–Kier alpha value is -3.77. The maximum Gasteiger partial charge on any atom is 0.271 e. The number of aliphatic hydroxyl groups excluding tert-OH is 1. The number of nitrogens with one attached hydrogen (secondary N) is 1. The Bertz CT molecular complexity index is 1020. The Labute approximate surface area is 168 Å². The molecule has 0 aliphatic rings. The van der Waals surface area contributed by atoms with Crippen LogP contribution >= 0.6 is 0 Å². The summed E-state index contributed by atoms with van der Waals surface area (Å²) < 4.78 is 1.65. The minimum absolute atomic E-state index is 0.0972. The van der Waals surface area contributed by atoms with Crippen molar-refractivity contribution in [1.29, 1.82) is 0 Å². The summed E-state index contributed by atoms with van der Waals surface area (Å²) in [5.74, 6) is 0.265. The van der Waals surface area contributed by atoms with Crippen LogP contribution in [0.15, 0.2) is 91.1 Å². The molecule has 4 rings (SSSR count). The minimum atomic E-state index is -0.786. The van der Waals surface area contributed by atoms with Gasteiger partial charge >= 0.3 is 0 Å². The van der Waals surface area contributed by atoms with Crippen molar-refractivity contribution >= 4 is 5.91 Å².